The Bertz CT molecular complexity index is 605. The van der Waals surface area contributed by atoms with Gasteiger partial charge in [-0.3, -0.25) is 4.79 Å². The number of ketones is 1. The van der Waals surface area contributed by atoms with Crippen molar-refractivity contribution in [1.29, 1.82) is 0 Å². The molecule has 0 atom stereocenters. The molecule has 2 aromatic heterocycles. The van der Waals surface area contributed by atoms with Crippen LogP contribution >= 0.6 is 22.7 Å². The van der Waals surface area contributed by atoms with Crippen LogP contribution in [0.4, 0.5) is 5.13 Å². The first-order valence-electron chi connectivity index (χ1n) is 6.05. The van der Waals surface area contributed by atoms with Crippen LogP contribution in [0.1, 0.15) is 39.6 Å². The minimum absolute atomic E-state index is 0.0946. The minimum atomic E-state index is -0.558. The molecule has 106 valence electrons. The molecule has 2 rings (SSSR count). The van der Waals surface area contributed by atoms with Crippen LogP contribution in [0.2, 0.25) is 0 Å². The second kappa shape index (κ2) is 6.62. The third-order valence-corrected chi connectivity index (χ3v) is 4.29. The molecule has 0 unspecified atom stereocenters. The number of esters is 1. The summed E-state index contributed by atoms with van der Waals surface area (Å²) in [4.78, 5) is 27.8. The smallest absolute Gasteiger partial charge is 0.358 e. The zero-order valence-corrected chi connectivity index (χ0v) is 12.8. The van der Waals surface area contributed by atoms with Gasteiger partial charge in [-0.15, -0.1) is 0 Å². The summed E-state index contributed by atoms with van der Waals surface area (Å²) in [6, 6.07) is 2.00. The first-order valence-corrected chi connectivity index (χ1v) is 7.81. The van der Waals surface area contributed by atoms with Crippen molar-refractivity contribution in [2.75, 3.05) is 11.9 Å². The Kier molecular flexibility index (Phi) is 4.86. The van der Waals surface area contributed by atoms with E-state index in [1.807, 2.05) is 16.8 Å². The van der Waals surface area contributed by atoms with Gasteiger partial charge in [0.05, 0.1) is 6.61 Å². The number of anilines is 1. The number of hydrogen-bond acceptors (Lipinski definition) is 7. The summed E-state index contributed by atoms with van der Waals surface area (Å²) in [5.41, 5.74) is 1.23. The lowest BCUT2D eigenvalue weighted by Gasteiger charge is -1.99. The highest BCUT2D eigenvalue weighted by Crippen LogP contribution is 2.25. The highest BCUT2D eigenvalue weighted by atomic mass is 32.1. The van der Waals surface area contributed by atoms with Crippen molar-refractivity contribution < 1.29 is 14.3 Å². The van der Waals surface area contributed by atoms with Crippen molar-refractivity contribution in [3.8, 4) is 0 Å². The molecule has 0 saturated heterocycles. The van der Waals surface area contributed by atoms with Crippen molar-refractivity contribution in [2.24, 2.45) is 0 Å². The molecule has 0 amide bonds. The van der Waals surface area contributed by atoms with E-state index < -0.39 is 5.97 Å². The van der Waals surface area contributed by atoms with Crippen LogP contribution in [0, 0.1) is 0 Å². The Morgan fingerprint density at radius 3 is 2.85 bits per heavy atom. The van der Waals surface area contributed by atoms with Crippen LogP contribution in [0.5, 0.6) is 0 Å². The number of rotatable bonds is 6. The number of thiazole rings is 1. The fourth-order valence-corrected chi connectivity index (χ4v) is 3.06. The van der Waals surface area contributed by atoms with E-state index in [0.717, 1.165) is 5.56 Å². The second-order valence-corrected chi connectivity index (χ2v) is 5.74. The summed E-state index contributed by atoms with van der Waals surface area (Å²) in [5, 5.41) is 7.68. The standard InChI is InChI=1S/C13H14N2O3S2/c1-3-18-12(17)10-11(8(2)16)20-13(15-10)14-6-9-4-5-19-7-9/h4-5,7H,3,6H2,1-2H3,(H,14,15). The molecule has 0 aromatic carbocycles. The second-order valence-electron chi connectivity index (χ2n) is 3.96. The Hall–Kier alpha value is -1.73. The Morgan fingerprint density at radius 1 is 1.45 bits per heavy atom. The minimum Gasteiger partial charge on any atom is -0.461 e. The van der Waals surface area contributed by atoms with Gasteiger partial charge in [0.15, 0.2) is 16.6 Å². The Balaban J connectivity index is 2.16. The summed E-state index contributed by atoms with van der Waals surface area (Å²) in [5.74, 6) is -0.744. The number of carbonyl (C=O) groups excluding carboxylic acids is 2. The average Bonchev–Trinajstić information content (AvgIpc) is 3.06. The van der Waals surface area contributed by atoms with Crippen LogP contribution in [0.15, 0.2) is 16.8 Å². The number of carbonyl (C=O) groups is 2. The van der Waals surface area contributed by atoms with E-state index in [1.54, 1.807) is 18.3 Å². The maximum absolute atomic E-state index is 11.8. The molecule has 2 heterocycles. The number of nitrogens with one attached hydrogen (secondary N) is 1. The van der Waals surface area contributed by atoms with Gasteiger partial charge in [0.25, 0.3) is 0 Å². The van der Waals surface area contributed by atoms with Gasteiger partial charge in [-0.25, -0.2) is 9.78 Å². The van der Waals surface area contributed by atoms with E-state index in [2.05, 4.69) is 10.3 Å². The summed E-state index contributed by atoms with van der Waals surface area (Å²) >= 11 is 2.79. The number of ether oxygens (including phenoxy) is 1. The Labute approximate surface area is 124 Å². The van der Waals surface area contributed by atoms with Gasteiger partial charge in [0.1, 0.15) is 4.88 Å². The van der Waals surface area contributed by atoms with Gasteiger partial charge in [-0.05, 0) is 29.3 Å². The lowest BCUT2D eigenvalue weighted by molar-refractivity contribution is 0.0517. The maximum Gasteiger partial charge on any atom is 0.358 e. The number of Topliss-reactive ketones (excluding diaryl/α,β-unsaturated/α-hetero) is 1. The van der Waals surface area contributed by atoms with Crippen molar-refractivity contribution in [2.45, 2.75) is 20.4 Å². The molecule has 0 aliphatic rings. The summed E-state index contributed by atoms with van der Waals surface area (Å²) in [7, 11) is 0. The van der Waals surface area contributed by atoms with E-state index in [4.69, 9.17) is 4.74 Å². The lowest BCUT2D eigenvalue weighted by atomic mass is 10.3. The highest BCUT2D eigenvalue weighted by molar-refractivity contribution is 7.17. The van der Waals surface area contributed by atoms with E-state index in [0.29, 0.717) is 16.6 Å². The number of hydrogen-bond donors (Lipinski definition) is 1. The molecular formula is C13H14N2O3S2. The van der Waals surface area contributed by atoms with E-state index in [-0.39, 0.29) is 18.1 Å². The van der Waals surface area contributed by atoms with Crippen LogP contribution in [-0.4, -0.2) is 23.3 Å². The average molecular weight is 310 g/mol. The van der Waals surface area contributed by atoms with Crippen molar-refractivity contribution in [1.82, 2.24) is 4.98 Å². The van der Waals surface area contributed by atoms with Gasteiger partial charge in [0, 0.05) is 13.5 Å². The molecule has 0 bridgehead atoms. The quantitative estimate of drug-likeness (QED) is 0.655. The molecule has 0 fully saturated rings. The van der Waals surface area contributed by atoms with Crippen LogP contribution in [0.25, 0.3) is 0 Å². The predicted molar refractivity (Wildman–Crippen MR) is 79.7 cm³/mol. The van der Waals surface area contributed by atoms with Crippen molar-refractivity contribution in [3.63, 3.8) is 0 Å². The molecule has 7 heteroatoms. The fourth-order valence-electron chi connectivity index (χ4n) is 1.54. The number of aromatic nitrogens is 1. The van der Waals surface area contributed by atoms with E-state index in [9.17, 15) is 9.59 Å². The first-order chi connectivity index (χ1) is 9.61. The maximum atomic E-state index is 11.8. The van der Waals surface area contributed by atoms with Gasteiger partial charge < -0.3 is 10.1 Å². The summed E-state index contributed by atoms with van der Waals surface area (Å²) < 4.78 is 4.91. The number of thiophene rings is 1. The molecule has 0 saturated carbocycles. The monoisotopic (exact) mass is 310 g/mol. The SMILES string of the molecule is CCOC(=O)c1nc(NCc2ccsc2)sc1C(C)=O. The van der Waals surface area contributed by atoms with Crippen LogP contribution in [-0.2, 0) is 11.3 Å². The first kappa shape index (κ1) is 14.7. The van der Waals surface area contributed by atoms with Gasteiger partial charge >= 0.3 is 5.97 Å². The molecule has 0 radical (unpaired) electrons. The van der Waals surface area contributed by atoms with Crippen molar-refractivity contribution >= 4 is 39.6 Å². The molecule has 20 heavy (non-hydrogen) atoms. The topological polar surface area (TPSA) is 68.3 Å². The van der Waals surface area contributed by atoms with Crippen LogP contribution < -0.4 is 5.32 Å². The molecule has 5 nitrogen and oxygen atoms in total. The molecule has 2 aromatic rings. The van der Waals surface area contributed by atoms with Gasteiger partial charge in [0.2, 0.25) is 0 Å². The van der Waals surface area contributed by atoms with Gasteiger partial charge in [-0.1, -0.05) is 11.3 Å². The van der Waals surface area contributed by atoms with Crippen molar-refractivity contribution in [3.05, 3.63) is 33.0 Å². The van der Waals surface area contributed by atoms with E-state index >= 15 is 0 Å². The normalized spacial score (nSPS) is 10.3. The highest BCUT2D eigenvalue weighted by Gasteiger charge is 2.22. The summed E-state index contributed by atoms with van der Waals surface area (Å²) in [6.07, 6.45) is 0. The fraction of sp³-hybridized carbons (Fsp3) is 0.308. The molecule has 0 aliphatic carbocycles. The number of nitrogens with zero attached hydrogens (tertiary/aromatic N) is 1. The molecule has 0 aliphatic heterocycles. The predicted octanol–water partition coefficient (Wildman–Crippen LogP) is 3.20. The molecule has 0 spiro atoms. The zero-order valence-electron chi connectivity index (χ0n) is 11.1. The zero-order chi connectivity index (χ0) is 14.5. The largest absolute Gasteiger partial charge is 0.461 e. The molecule has 1 N–H and O–H groups in total. The third-order valence-electron chi connectivity index (χ3n) is 2.44. The van der Waals surface area contributed by atoms with Gasteiger partial charge in [-0.2, -0.15) is 11.3 Å². The molecular weight excluding hydrogens is 296 g/mol. The lowest BCUT2D eigenvalue weighted by Crippen LogP contribution is -2.09. The Morgan fingerprint density at radius 2 is 2.25 bits per heavy atom. The van der Waals surface area contributed by atoms with E-state index in [1.165, 1.54) is 18.3 Å². The third kappa shape index (κ3) is 3.43. The van der Waals surface area contributed by atoms with Crippen LogP contribution in [0.3, 0.4) is 0 Å². The summed E-state index contributed by atoms with van der Waals surface area (Å²) in [6.45, 7) is 3.99.